The summed E-state index contributed by atoms with van der Waals surface area (Å²) in [6.45, 7) is 38.9. The summed E-state index contributed by atoms with van der Waals surface area (Å²) in [5, 5.41) is 10.1. The van der Waals surface area contributed by atoms with E-state index in [1.807, 2.05) is 5.98 Å². The summed E-state index contributed by atoms with van der Waals surface area (Å²) in [5.41, 5.74) is -5.71. The monoisotopic (exact) mass is 1690 g/mol. The van der Waals surface area contributed by atoms with E-state index in [0.717, 1.165) is 57.8 Å². The molecule has 40 heteroatoms. The minimum atomic E-state index is -3.78. The highest BCUT2D eigenvalue weighted by atomic mass is 35.5. The van der Waals surface area contributed by atoms with Crippen LogP contribution in [0.15, 0.2) is 30.5 Å². The van der Waals surface area contributed by atoms with Gasteiger partial charge in [0.15, 0.2) is 65.4 Å². The van der Waals surface area contributed by atoms with E-state index in [0.29, 0.717) is 29.0 Å². The average Bonchev–Trinajstić information content (AvgIpc) is 1.58. The number of hydrogen-bond donors (Lipinski definition) is 0. The Balaban J connectivity index is 0.000000244. The number of carbonyl (C=O) groups excluding carboxylic acids is 7. The van der Waals surface area contributed by atoms with Gasteiger partial charge in [-0.3, -0.25) is 28.5 Å². The van der Waals surface area contributed by atoms with E-state index in [4.69, 9.17) is 111 Å². The van der Waals surface area contributed by atoms with E-state index in [1.165, 1.54) is 34.8 Å². The van der Waals surface area contributed by atoms with E-state index in [2.05, 4.69) is 60.9 Å². The summed E-state index contributed by atoms with van der Waals surface area (Å²) in [4.78, 5) is 102. The molecule has 0 spiro atoms. The second-order valence-electron chi connectivity index (χ2n) is 32.4. The molecular formula is C76H116BClN10O26P2. The lowest BCUT2D eigenvalue weighted by atomic mass is 9.90. The first-order valence-electron chi connectivity index (χ1n) is 39.4. The molecule has 646 valence electrons. The molecule has 36 nitrogen and oxygen atoms in total. The second kappa shape index (κ2) is 39.0. The van der Waals surface area contributed by atoms with Gasteiger partial charge in [0.25, 0.3) is 14.7 Å². The van der Waals surface area contributed by atoms with E-state index >= 15 is 0 Å². The highest BCUT2D eigenvalue weighted by molar-refractivity contribution is 7.60. The molecule has 116 heavy (non-hydrogen) atoms. The zero-order chi connectivity index (χ0) is 86.0. The van der Waals surface area contributed by atoms with Crippen molar-refractivity contribution in [3.05, 3.63) is 41.6 Å². The first-order chi connectivity index (χ1) is 54.3. The Morgan fingerprint density at radius 2 is 0.991 bits per heavy atom. The Labute approximate surface area is 682 Å². The Hall–Kier alpha value is -6.44. The maximum absolute atomic E-state index is 13.9. The van der Waals surface area contributed by atoms with Crippen molar-refractivity contribution in [2.24, 2.45) is 0 Å². The van der Waals surface area contributed by atoms with E-state index in [9.17, 15) is 33.1 Å². The molecule has 0 N–H and O–H groups in total. The standard InChI is InChI=1S/C35H52N5O12P.C30H45ClN5O10P.C10H19BO2.CO2/c1-10-45-26(42)18-17-25-37-29(39(22-15-13-14-16-22)32(43)52-33(4,5)6)23-19-36-40(30(23)38-25)31-28-27(50-34(7,8)51-28)24(49-31)20-47-35(21-41,46-11-2)53(9,44)48-12-3;1-9-40-30(17-37,47(8,39)42-10-2)41-16-20-21-22(45-29(6,7)44-21)25(43-20)36-24-19(15-32-36)23(33-26(31)34-24)35(18-13-11-12-14-18)27(38)46-28(3,4)5;1-6-7-8-11-12-9(2,3)10(4,5)13-11;2-1-3/h17-19,21-22,24,27-28,31H,10-16,20H2,1-9H3;15,17-18,20-22,25H,9-14,16H2,1-8H3;7-8H,6H2,1-5H3;/b18-17+;;8-7+;/t24-,27-,28-,31-,35?,53?;20-,21-,22-,25-,30?,47?;;/m11../s1. The third-order valence-electron chi connectivity index (χ3n) is 19.9. The minimum Gasteiger partial charge on any atom is -0.463 e. The summed E-state index contributed by atoms with van der Waals surface area (Å²) in [6, 6.07) is -0.345. The zero-order valence-corrected chi connectivity index (χ0v) is 73.2. The lowest BCUT2D eigenvalue weighted by Gasteiger charge is -2.34. The normalized spacial score (nSPS) is 25.5. The molecule has 0 aromatic carbocycles. The molecule has 12 atom stereocenters. The maximum Gasteiger partial charge on any atom is 0.486 e. The van der Waals surface area contributed by atoms with Crippen LogP contribution < -0.4 is 9.80 Å². The average molecular weight is 1690 g/mol. The Bertz CT molecular complexity index is 4230. The molecular weight excluding hydrogens is 1580 g/mol. The molecule has 9 heterocycles. The third-order valence-corrected chi connectivity index (χ3v) is 24.5. The SMILES string of the molecule is CC/C=C/B1OC(C)(C)C(C)(C)O1.CCOC(=O)/C=C/c1nc(N(C(=O)OC(C)(C)C)C2CCCC2)c2cnn([C@@H]3O[C@H](COC(C=O)(OCC)P(C)(=O)OCC)[C@H]4OC(C)(C)O[C@H]43)c2n1.CCOC(C=O)(OC[C@H]1O[C@@H](n2ncc3c(N(C(=O)OC(C)(C)C)C4CCCC4)nc(Cl)nc32)[C@@H]2OC(C)(C)O[C@@H]21)P(C)(=O)OCC.O=C=O. The van der Waals surface area contributed by atoms with Crippen LogP contribution in [-0.4, -0.2) is 237 Å². The molecule has 4 unspecified atom stereocenters. The van der Waals surface area contributed by atoms with Gasteiger partial charge >= 0.3 is 42.5 Å². The van der Waals surface area contributed by atoms with E-state index in [1.54, 1.807) is 126 Å². The predicted octanol–water partition coefficient (Wildman–Crippen LogP) is 12.8. The topological polar surface area (TPSA) is 404 Å². The highest BCUT2D eigenvalue weighted by Crippen LogP contribution is 2.58. The van der Waals surface area contributed by atoms with Crippen LogP contribution in [0.3, 0.4) is 0 Å². The van der Waals surface area contributed by atoms with Crippen LogP contribution in [0.1, 0.15) is 215 Å². The number of nitrogens with zero attached hydrogens (tertiary/aromatic N) is 10. The van der Waals surface area contributed by atoms with Gasteiger partial charge in [-0.05, 0) is 181 Å². The number of aldehydes is 2. The highest BCUT2D eigenvalue weighted by Gasteiger charge is 2.61. The van der Waals surface area contributed by atoms with Crippen molar-refractivity contribution in [3.63, 3.8) is 0 Å². The molecule has 11 rings (SSSR count). The fourth-order valence-corrected chi connectivity index (χ4v) is 17.5. The van der Waals surface area contributed by atoms with Crippen molar-refractivity contribution in [1.82, 2.24) is 39.5 Å². The van der Waals surface area contributed by atoms with Gasteiger partial charge in [0.2, 0.25) is 5.28 Å². The Morgan fingerprint density at radius 1 is 0.595 bits per heavy atom. The summed E-state index contributed by atoms with van der Waals surface area (Å²) in [5.74, 6) is -0.00642. The first-order valence-corrected chi connectivity index (χ1v) is 43.9. The first kappa shape index (κ1) is 95.0. The molecule has 0 radical (unpaired) electrons. The van der Waals surface area contributed by atoms with Crippen molar-refractivity contribution in [2.45, 2.75) is 302 Å². The summed E-state index contributed by atoms with van der Waals surface area (Å²) >= 11 is 6.50. The number of rotatable bonds is 29. The van der Waals surface area contributed by atoms with Gasteiger partial charge in [-0.15, -0.1) is 0 Å². The predicted molar refractivity (Wildman–Crippen MR) is 422 cm³/mol. The Kier molecular flexibility index (Phi) is 31.9. The lowest BCUT2D eigenvalue weighted by Crippen LogP contribution is -2.43. The van der Waals surface area contributed by atoms with Crippen molar-refractivity contribution in [3.8, 4) is 0 Å². The molecule has 7 fully saturated rings. The number of amides is 2. The van der Waals surface area contributed by atoms with Gasteiger partial charge in [-0.2, -0.15) is 29.8 Å². The van der Waals surface area contributed by atoms with Crippen molar-refractivity contribution < 1.29 is 123 Å². The summed E-state index contributed by atoms with van der Waals surface area (Å²) in [7, 11) is -7.70. The zero-order valence-electron chi connectivity index (χ0n) is 70.6. The molecule has 5 saturated heterocycles. The molecule has 4 aromatic heterocycles. The quantitative estimate of drug-likeness (QED) is 0.00712. The molecule has 5 aliphatic heterocycles. The number of carbonyl (C=O) groups is 5. The largest absolute Gasteiger partial charge is 0.486 e. The fraction of sp³-hybridized carbons (Fsp3) is 0.737. The molecule has 0 bridgehead atoms. The number of hydrogen-bond acceptors (Lipinski definition) is 32. The second-order valence-corrected chi connectivity index (χ2v) is 37.8. The third kappa shape index (κ3) is 22.2. The number of fused-ring (bicyclic) bond motifs is 4. The smallest absolute Gasteiger partial charge is 0.463 e. The number of allylic oxidation sites excluding steroid dienone is 1. The lowest BCUT2D eigenvalue weighted by molar-refractivity contribution is -0.221. The molecule has 2 saturated carbocycles. The minimum absolute atomic E-state index is 0.0198. The fourth-order valence-electron chi connectivity index (χ4n) is 14.3. The van der Waals surface area contributed by atoms with Gasteiger partial charge in [0, 0.05) is 44.7 Å². The van der Waals surface area contributed by atoms with Crippen LogP contribution in [-0.2, 0) is 113 Å². The van der Waals surface area contributed by atoms with Crippen LogP contribution in [0.5, 0.6) is 0 Å². The van der Waals surface area contributed by atoms with Crippen molar-refractivity contribution >= 4 is 110 Å². The van der Waals surface area contributed by atoms with E-state index in [-0.39, 0.29) is 111 Å². The number of esters is 1. The summed E-state index contributed by atoms with van der Waals surface area (Å²) in [6.07, 6.45) is 9.05. The van der Waals surface area contributed by atoms with E-state index < -0.39 is 116 Å². The molecule has 4 aromatic rings. The maximum atomic E-state index is 13.9. The number of aromatic nitrogens is 8. The van der Waals surface area contributed by atoms with Crippen LogP contribution >= 0.6 is 26.3 Å². The van der Waals surface area contributed by atoms with Crippen molar-refractivity contribution in [2.75, 3.05) is 69.4 Å². The van der Waals surface area contributed by atoms with Crippen molar-refractivity contribution in [1.29, 1.82) is 0 Å². The van der Waals surface area contributed by atoms with Crippen LogP contribution in [0.4, 0.5) is 21.2 Å². The molecule has 2 aliphatic carbocycles. The number of anilines is 2. The van der Waals surface area contributed by atoms with Gasteiger partial charge in [0.05, 0.1) is 67.4 Å². The molecule has 2 amide bonds. The van der Waals surface area contributed by atoms with Gasteiger partial charge in [0.1, 0.15) is 47.8 Å². The van der Waals surface area contributed by atoms with Crippen LogP contribution in [0, 0.1) is 0 Å². The van der Waals surface area contributed by atoms with Gasteiger partial charge in [-0.25, -0.2) is 33.7 Å². The van der Waals surface area contributed by atoms with Gasteiger partial charge in [-0.1, -0.05) is 44.7 Å². The summed E-state index contributed by atoms with van der Waals surface area (Å²) < 4.78 is 130. The Morgan fingerprint density at radius 3 is 1.36 bits per heavy atom. The number of ether oxygens (including phenoxy) is 13. The van der Waals surface area contributed by atoms with Crippen LogP contribution in [0.2, 0.25) is 5.28 Å². The van der Waals surface area contributed by atoms with Gasteiger partial charge < -0.3 is 79.9 Å². The molecule has 7 aliphatic rings. The van der Waals surface area contributed by atoms with Crippen LogP contribution in [0.25, 0.3) is 28.1 Å². The number of halogens is 1.